The Labute approximate surface area is 209 Å². The van der Waals surface area contributed by atoms with Crippen LogP contribution >= 0.6 is 0 Å². The SMILES string of the molecule is COc1cccc2c1OC1(CCC(c3ccccc3)CC1)N1N=C(c3ccccc3OC(F)F)CC21. The number of hydrazone groups is 1. The summed E-state index contributed by atoms with van der Waals surface area (Å²) < 4.78 is 43.6. The van der Waals surface area contributed by atoms with E-state index in [1.165, 1.54) is 5.56 Å². The zero-order valence-corrected chi connectivity index (χ0v) is 20.1. The molecular formula is C29H28F2N2O3. The Hall–Kier alpha value is -3.61. The number of ether oxygens (including phenoxy) is 3. The standard InChI is InChI=1S/C29H28F2N2O3/c1-34-26-13-7-11-22-24-18-23(21-10-5-6-12-25(21)35-28(30)31)32-33(24)29(36-27(22)26)16-14-20(15-17-29)19-8-3-2-4-9-19/h2-13,20,24,28H,14-18H2,1H3. The summed E-state index contributed by atoms with van der Waals surface area (Å²) in [5, 5.41) is 7.12. The van der Waals surface area contributed by atoms with Crippen molar-refractivity contribution in [2.24, 2.45) is 5.10 Å². The third kappa shape index (κ3) is 3.87. The molecule has 0 saturated heterocycles. The Balaban J connectivity index is 1.39. The Morgan fingerprint density at radius 2 is 1.67 bits per heavy atom. The van der Waals surface area contributed by atoms with Crippen LogP contribution in [0.4, 0.5) is 8.78 Å². The molecule has 0 amide bonds. The highest BCUT2D eigenvalue weighted by Crippen LogP contribution is 2.55. The minimum atomic E-state index is -2.90. The molecule has 2 aliphatic heterocycles. The second-order valence-corrected chi connectivity index (χ2v) is 9.60. The van der Waals surface area contributed by atoms with Gasteiger partial charge in [0.05, 0.1) is 18.9 Å². The first-order valence-electron chi connectivity index (χ1n) is 12.4. The summed E-state index contributed by atoms with van der Waals surface area (Å²) >= 11 is 0. The van der Waals surface area contributed by atoms with Crippen molar-refractivity contribution < 1.29 is 23.0 Å². The van der Waals surface area contributed by atoms with Gasteiger partial charge in [-0.15, -0.1) is 0 Å². The number of rotatable bonds is 5. The van der Waals surface area contributed by atoms with E-state index in [0.29, 0.717) is 23.7 Å². The molecular weight excluding hydrogens is 462 g/mol. The number of hydrogen-bond acceptors (Lipinski definition) is 5. The van der Waals surface area contributed by atoms with E-state index in [0.717, 1.165) is 42.7 Å². The maximum absolute atomic E-state index is 13.1. The van der Waals surface area contributed by atoms with Crippen LogP contribution in [0.15, 0.2) is 77.9 Å². The number of fused-ring (bicyclic) bond motifs is 4. The van der Waals surface area contributed by atoms with Crippen molar-refractivity contribution in [3.63, 3.8) is 0 Å². The van der Waals surface area contributed by atoms with Crippen molar-refractivity contribution in [1.29, 1.82) is 0 Å². The van der Waals surface area contributed by atoms with E-state index in [1.807, 2.05) is 30.3 Å². The number of hydrogen-bond donors (Lipinski definition) is 0. The van der Waals surface area contributed by atoms with Gasteiger partial charge in [-0.1, -0.05) is 54.6 Å². The van der Waals surface area contributed by atoms with Crippen molar-refractivity contribution >= 4 is 5.71 Å². The van der Waals surface area contributed by atoms with Gasteiger partial charge in [0, 0.05) is 30.4 Å². The quantitative estimate of drug-likeness (QED) is 0.390. The van der Waals surface area contributed by atoms with Crippen molar-refractivity contribution in [1.82, 2.24) is 5.01 Å². The molecule has 1 atom stereocenters. The predicted octanol–water partition coefficient (Wildman–Crippen LogP) is 6.89. The van der Waals surface area contributed by atoms with Crippen LogP contribution in [0.25, 0.3) is 0 Å². The van der Waals surface area contributed by atoms with Crippen LogP contribution in [0.3, 0.4) is 0 Å². The Morgan fingerprint density at radius 3 is 2.42 bits per heavy atom. The van der Waals surface area contributed by atoms with E-state index >= 15 is 0 Å². The van der Waals surface area contributed by atoms with E-state index in [2.05, 4.69) is 29.3 Å². The summed E-state index contributed by atoms with van der Waals surface area (Å²) in [6.45, 7) is -2.90. The number of alkyl halides is 2. The molecule has 0 radical (unpaired) electrons. The fourth-order valence-electron chi connectivity index (χ4n) is 5.96. The van der Waals surface area contributed by atoms with Crippen LogP contribution in [-0.2, 0) is 0 Å². The molecule has 186 valence electrons. The molecule has 1 aliphatic carbocycles. The van der Waals surface area contributed by atoms with Crippen LogP contribution in [0.5, 0.6) is 17.2 Å². The topological polar surface area (TPSA) is 43.3 Å². The van der Waals surface area contributed by atoms with Crippen LogP contribution in [0.1, 0.15) is 60.8 Å². The Kier molecular flexibility index (Phi) is 5.78. The minimum absolute atomic E-state index is 0.0771. The Bertz CT molecular complexity index is 1270. The second kappa shape index (κ2) is 9.12. The highest BCUT2D eigenvalue weighted by molar-refractivity contribution is 6.04. The number of benzene rings is 3. The lowest BCUT2D eigenvalue weighted by Crippen LogP contribution is -2.55. The molecule has 0 N–H and O–H groups in total. The third-order valence-corrected chi connectivity index (χ3v) is 7.66. The molecule has 2 heterocycles. The van der Waals surface area contributed by atoms with Crippen LogP contribution in [0, 0.1) is 0 Å². The average Bonchev–Trinajstić information content (AvgIpc) is 3.36. The number of nitrogens with zero attached hydrogens (tertiary/aromatic N) is 2. The Morgan fingerprint density at radius 1 is 0.944 bits per heavy atom. The molecule has 5 nitrogen and oxygen atoms in total. The summed E-state index contributed by atoms with van der Waals surface area (Å²) in [5.74, 6) is 2.06. The van der Waals surface area contributed by atoms with E-state index < -0.39 is 12.3 Å². The van der Waals surface area contributed by atoms with E-state index in [9.17, 15) is 8.78 Å². The summed E-state index contributed by atoms with van der Waals surface area (Å²) in [6, 6.07) is 23.3. The molecule has 0 bridgehead atoms. The fourth-order valence-corrected chi connectivity index (χ4v) is 5.96. The first-order valence-corrected chi connectivity index (χ1v) is 12.4. The van der Waals surface area contributed by atoms with Crippen LogP contribution < -0.4 is 14.2 Å². The molecule has 3 aromatic carbocycles. The number of halogens is 2. The summed E-state index contributed by atoms with van der Waals surface area (Å²) in [7, 11) is 1.65. The van der Waals surface area contributed by atoms with Gasteiger partial charge < -0.3 is 14.2 Å². The molecule has 7 heteroatoms. The summed E-state index contributed by atoms with van der Waals surface area (Å²) in [4.78, 5) is 0. The fraction of sp³-hybridized carbons (Fsp3) is 0.345. The third-order valence-electron chi connectivity index (χ3n) is 7.66. The molecule has 3 aliphatic rings. The van der Waals surface area contributed by atoms with Crippen LogP contribution in [0.2, 0.25) is 0 Å². The molecule has 1 spiro atoms. The van der Waals surface area contributed by atoms with Crippen molar-refractivity contribution in [3.05, 3.63) is 89.5 Å². The second-order valence-electron chi connectivity index (χ2n) is 9.60. The highest BCUT2D eigenvalue weighted by atomic mass is 19.3. The first kappa shape index (κ1) is 22.8. The lowest BCUT2D eigenvalue weighted by molar-refractivity contribution is -0.143. The van der Waals surface area contributed by atoms with Gasteiger partial charge in [0.1, 0.15) is 5.75 Å². The summed E-state index contributed by atoms with van der Waals surface area (Å²) in [5.41, 5.74) is 3.03. The maximum atomic E-state index is 13.1. The van der Waals surface area contributed by atoms with Crippen LogP contribution in [-0.4, -0.2) is 30.2 Å². The molecule has 0 aromatic heterocycles. The van der Waals surface area contributed by atoms with Gasteiger partial charge in [0.2, 0.25) is 0 Å². The van der Waals surface area contributed by atoms with Gasteiger partial charge >= 0.3 is 6.61 Å². The zero-order chi connectivity index (χ0) is 24.7. The first-order chi connectivity index (χ1) is 17.6. The van der Waals surface area contributed by atoms with E-state index in [1.54, 1.807) is 25.3 Å². The van der Waals surface area contributed by atoms with Gasteiger partial charge in [-0.25, -0.2) is 5.01 Å². The van der Waals surface area contributed by atoms with Crippen molar-refractivity contribution in [2.75, 3.05) is 7.11 Å². The van der Waals surface area contributed by atoms with Gasteiger partial charge in [-0.2, -0.15) is 13.9 Å². The molecule has 3 aromatic rings. The molecule has 1 fully saturated rings. The number of para-hydroxylation sites is 2. The average molecular weight is 491 g/mol. The van der Waals surface area contributed by atoms with Gasteiger partial charge in [0.25, 0.3) is 0 Å². The number of methoxy groups -OCH3 is 1. The molecule has 6 rings (SSSR count). The van der Waals surface area contributed by atoms with Crippen molar-refractivity contribution in [3.8, 4) is 17.2 Å². The largest absolute Gasteiger partial charge is 0.493 e. The van der Waals surface area contributed by atoms with E-state index in [-0.39, 0.29) is 11.8 Å². The van der Waals surface area contributed by atoms with Crippen molar-refractivity contribution in [2.45, 2.75) is 56.4 Å². The monoisotopic (exact) mass is 490 g/mol. The molecule has 1 saturated carbocycles. The highest BCUT2D eigenvalue weighted by Gasteiger charge is 2.53. The normalized spacial score (nSPS) is 24.7. The smallest absolute Gasteiger partial charge is 0.387 e. The molecule has 36 heavy (non-hydrogen) atoms. The predicted molar refractivity (Wildman–Crippen MR) is 133 cm³/mol. The maximum Gasteiger partial charge on any atom is 0.387 e. The minimum Gasteiger partial charge on any atom is -0.493 e. The van der Waals surface area contributed by atoms with Gasteiger partial charge in [0.15, 0.2) is 17.2 Å². The molecule has 1 unspecified atom stereocenters. The lowest BCUT2D eigenvalue weighted by Gasteiger charge is -2.50. The lowest BCUT2D eigenvalue weighted by atomic mass is 9.78. The zero-order valence-electron chi connectivity index (χ0n) is 20.1. The summed E-state index contributed by atoms with van der Waals surface area (Å²) in [6.07, 6.45) is 4.09. The van der Waals surface area contributed by atoms with E-state index in [4.69, 9.17) is 19.3 Å². The van der Waals surface area contributed by atoms with Gasteiger partial charge in [-0.3, -0.25) is 0 Å². The van der Waals surface area contributed by atoms with Gasteiger partial charge in [-0.05, 0) is 42.5 Å².